The Balaban J connectivity index is 1.56. The predicted molar refractivity (Wildman–Crippen MR) is 102 cm³/mol. The molecule has 2 aromatic heterocycles. The molecule has 27 heavy (non-hydrogen) atoms. The maximum Gasteiger partial charge on any atom is 0.160 e. The van der Waals surface area contributed by atoms with E-state index in [-0.39, 0.29) is 5.82 Å². The molecule has 140 valence electrons. The number of hydrogen-bond donors (Lipinski definition) is 0. The fourth-order valence-electron chi connectivity index (χ4n) is 3.87. The first-order valence-corrected chi connectivity index (χ1v) is 9.55. The highest BCUT2D eigenvalue weighted by Crippen LogP contribution is 2.29. The van der Waals surface area contributed by atoms with Crippen molar-refractivity contribution in [3.05, 3.63) is 72.0 Å². The van der Waals surface area contributed by atoms with Crippen molar-refractivity contribution >= 4 is 0 Å². The Morgan fingerprint density at radius 2 is 1.89 bits per heavy atom. The number of nitrogens with zero attached hydrogens (tertiary/aromatic N) is 5. The van der Waals surface area contributed by atoms with E-state index in [4.69, 9.17) is 4.98 Å². The van der Waals surface area contributed by atoms with Gasteiger partial charge in [0.2, 0.25) is 0 Å². The number of hydrogen-bond acceptors (Lipinski definition) is 4. The van der Waals surface area contributed by atoms with E-state index in [0.29, 0.717) is 5.92 Å². The quantitative estimate of drug-likeness (QED) is 0.691. The number of piperidine rings is 1. The summed E-state index contributed by atoms with van der Waals surface area (Å²) in [6, 6.07) is 6.79. The monoisotopic (exact) mass is 365 g/mol. The van der Waals surface area contributed by atoms with Crippen LogP contribution in [0, 0.1) is 5.82 Å². The molecule has 6 heteroatoms. The van der Waals surface area contributed by atoms with E-state index in [1.54, 1.807) is 12.4 Å². The largest absolute Gasteiger partial charge is 0.298 e. The minimum atomic E-state index is -0.188. The van der Waals surface area contributed by atoms with Gasteiger partial charge in [-0.25, -0.2) is 14.4 Å². The summed E-state index contributed by atoms with van der Waals surface area (Å²) in [5.74, 6) is 2.03. The minimum Gasteiger partial charge on any atom is -0.298 e. The first-order valence-electron chi connectivity index (χ1n) is 9.55. The highest BCUT2D eigenvalue weighted by Gasteiger charge is 2.26. The zero-order chi connectivity index (χ0) is 18.6. The van der Waals surface area contributed by atoms with Crippen LogP contribution >= 0.6 is 0 Å². The van der Waals surface area contributed by atoms with Gasteiger partial charge < -0.3 is 0 Å². The van der Waals surface area contributed by atoms with Gasteiger partial charge in [-0.2, -0.15) is 0 Å². The van der Waals surface area contributed by atoms with Crippen LogP contribution in [0.4, 0.5) is 4.39 Å². The lowest BCUT2D eigenvalue weighted by molar-refractivity contribution is 0.198. The van der Waals surface area contributed by atoms with E-state index in [2.05, 4.69) is 26.4 Å². The highest BCUT2D eigenvalue weighted by molar-refractivity contribution is 5.33. The Morgan fingerprint density at radius 1 is 1.07 bits per heavy atom. The second-order valence-electron chi connectivity index (χ2n) is 7.03. The van der Waals surface area contributed by atoms with Gasteiger partial charge in [0.15, 0.2) is 5.82 Å². The Bertz CT molecular complexity index is 890. The molecular formula is C21H24FN5. The van der Waals surface area contributed by atoms with Crippen molar-refractivity contribution < 1.29 is 4.39 Å². The third-order valence-electron chi connectivity index (χ3n) is 5.18. The van der Waals surface area contributed by atoms with Gasteiger partial charge in [0, 0.05) is 50.2 Å². The number of halogens is 1. The van der Waals surface area contributed by atoms with Gasteiger partial charge in [-0.05, 0) is 37.1 Å². The summed E-state index contributed by atoms with van der Waals surface area (Å²) in [6.07, 6.45) is 10.4. The third-order valence-corrected chi connectivity index (χ3v) is 5.18. The van der Waals surface area contributed by atoms with E-state index < -0.39 is 0 Å². The van der Waals surface area contributed by atoms with Gasteiger partial charge >= 0.3 is 0 Å². The van der Waals surface area contributed by atoms with Crippen LogP contribution in [0.5, 0.6) is 0 Å². The van der Waals surface area contributed by atoms with Crippen LogP contribution < -0.4 is 0 Å². The first kappa shape index (κ1) is 17.8. The summed E-state index contributed by atoms with van der Waals surface area (Å²) < 4.78 is 15.2. The van der Waals surface area contributed by atoms with Crippen molar-refractivity contribution in [2.45, 2.75) is 38.6 Å². The Morgan fingerprint density at radius 3 is 2.70 bits per heavy atom. The summed E-state index contributed by atoms with van der Waals surface area (Å²) in [4.78, 5) is 16.2. The van der Waals surface area contributed by atoms with Crippen molar-refractivity contribution in [2.75, 3.05) is 13.1 Å². The van der Waals surface area contributed by atoms with Gasteiger partial charge in [0.05, 0.1) is 5.69 Å². The van der Waals surface area contributed by atoms with Crippen LogP contribution in [0.1, 0.15) is 42.8 Å². The third kappa shape index (κ3) is 3.90. The molecule has 0 aliphatic carbocycles. The van der Waals surface area contributed by atoms with Gasteiger partial charge in [0.1, 0.15) is 11.6 Å². The van der Waals surface area contributed by atoms with Crippen LogP contribution in [0.2, 0.25) is 0 Å². The molecule has 1 fully saturated rings. The molecular weight excluding hydrogens is 341 g/mol. The molecule has 1 aliphatic heterocycles. The van der Waals surface area contributed by atoms with Crippen molar-refractivity contribution in [1.82, 2.24) is 24.4 Å². The molecule has 0 amide bonds. The lowest BCUT2D eigenvalue weighted by Crippen LogP contribution is -2.34. The maximum absolute atomic E-state index is 13.2. The molecule has 0 radical (unpaired) electrons. The molecule has 1 aliphatic rings. The number of imidazole rings is 1. The molecule has 0 N–H and O–H groups in total. The molecule has 0 spiro atoms. The molecule has 0 unspecified atom stereocenters. The average molecular weight is 365 g/mol. The Hall–Kier alpha value is -2.60. The van der Waals surface area contributed by atoms with Crippen LogP contribution in [-0.2, 0) is 13.0 Å². The second kappa shape index (κ2) is 7.96. The fraction of sp³-hybridized carbons (Fsp3) is 0.381. The molecule has 1 atom stereocenters. The summed E-state index contributed by atoms with van der Waals surface area (Å²) >= 11 is 0. The topological polar surface area (TPSA) is 46.8 Å². The van der Waals surface area contributed by atoms with Crippen LogP contribution in [0.3, 0.4) is 0 Å². The molecule has 3 aromatic rings. The van der Waals surface area contributed by atoms with E-state index in [0.717, 1.165) is 61.8 Å². The maximum atomic E-state index is 13.2. The van der Waals surface area contributed by atoms with Gasteiger partial charge in [-0.1, -0.05) is 19.1 Å². The molecule has 0 bridgehead atoms. The molecule has 1 aromatic carbocycles. The SMILES string of the molecule is CCc1nccn1-c1nccnc1[C@H]1CCCN(Cc2ccc(F)cc2)C1. The van der Waals surface area contributed by atoms with Gasteiger partial charge in [-0.15, -0.1) is 0 Å². The van der Waals surface area contributed by atoms with E-state index in [1.165, 1.54) is 12.1 Å². The summed E-state index contributed by atoms with van der Waals surface area (Å²) in [5, 5.41) is 0. The van der Waals surface area contributed by atoms with Gasteiger partial charge in [0.25, 0.3) is 0 Å². The van der Waals surface area contributed by atoms with Crippen molar-refractivity contribution in [2.24, 2.45) is 0 Å². The number of rotatable bonds is 5. The standard InChI is InChI=1S/C21H24FN5/c1-2-19-23-11-13-27(19)21-20(24-9-10-25-21)17-4-3-12-26(15-17)14-16-5-7-18(22)8-6-16/h5-11,13,17H,2-4,12,14-15H2,1H3/t17-/m0/s1. The number of benzene rings is 1. The molecule has 0 saturated carbocycles. The molecule has 1 saturated heterocycles. The van der Waals surface area contributed by atoms with Crippen molar-refractivity contribution in [3.63, 3.8) is 0 Å². The van der Waals surface area contributed by atoms with E-state index in [1.807, 2.05) is 24.5 Å². The Labute approximate surface area is 158 Å². The number of likely N-dealkylation sites (tertiary alicyclic amines) is 1. The van der Waals surface area contributed by atoms with Gasteiger partial charge in [-0.3, -0.25) is 14.5 Å². The lowest BCUT2D eigenvalue weighted by atomic mass is 9.94. The van der Waals surface area contributed by atoms with E-state index in [9.17, 15) is 4.39 Å². The Kier molecular flexibility index (Phi) is 5.25. The number of aromatic nitrogens is 4. The van der Waals surface area contributed by atoms with Crippen molar-refractivity contribution in [1.29, 1.82) is 0 Å². The second-order valence-corrected chi connectivity index (χ2v) is 7.03. The smallest absolute Gasteiger partial charge is 0.160 e. The predicted octanol–water partition coefficient (Wildman–Crippen LogP) is 3.74. The molecule has 5 nitrogen and oxygen atoms in total. The molecule has 4 rings (SSSR count). The normalized spacial score (nSPS) is 17.9. The first-order chi connectivity index (χ1) is 13.2. The van der Waals surface area contributed by atoms with Crippen LogP contribution in [0.25, 0.3) is 5.82 Å². The summed E-state index contributed by atoms with van der Waals surface area (Å²) in [6.45, 7) is 4.91. The summed E-state index contributed by atoms with van der Waals surface area (Å²) in [5.41, 5.74) is 2.17. The zero-order valence-corrected chi connectivity index (χ0v) is 15.6. The summed E-state index contributed by atoms with van der Waals surface area (Å²) in [7, 11) is 0. The van der Waals surface area contributed by atoms with Crippen LogP contribution in [-0.4, -0.2) is 37.5 Å². The lowest BCUT2D eigenvalue weighted by Gasteiger charge is -2.33. The molecule has 3 heterocycles. The van der Waals surface area contributed by atoms with E-state index >= 15 is 0 Å². The van der Waals surface area contributed by atoms with Crippen LogP contribution in [0.15, 0.2) is 49.1 Å². The van der Waals surface area contributed by atoms with Crippen molar-refractivity contribution in [3.8, 4) is 5.82 Å². The minimum absolute atomic E-state index is 0.188. The highest BCUT2D eigenvalue weighted by atomic mass is 19.1. The average Bonchev–Trinajstić information content (AvgIpc) is 3.19. The number of aryl methyl sites for hydroxylation is 1. The fourth-order valence-corrected chi connectivity index (χ4v) is 3.87. The zero-order valence-electron chi connectivity index (χ0n) is 15.6.